The van der Waals surface area contributed by atoms with Crippen LogP contribution >= 0.6 is 0 Å². The lowest BCUT2D eigenvalue weighted by Gasteiger charge is -2.32. The van der Waals surface area contributed by atoms with E-state index in [-0.39, 0.29) is 23.3 Å². The van der Waals surface area contributed by atoms with Crippen LogP contribution in [0.25, 0.3) is 0 Å². The Hall–Kier alpha value is -2.71. The quantitative estimate of drug-likeness (QED) is 0.741. The Bertz CT molecular complexity index is 1190. The van der Waals surface area contributed by atoms with Gasteiger partial charge in [0.05, 0.1) is 10.8 Å². The minimum Gasteiger partial charge on any atom is -0.326 e. The number of fused-ring (bicyclic) bond motifs is 1. The fourth-order valence-electron chi connectivity index (χ4n) is 4.71. The first-order valence-corrected chi connectivity index (χ1v) is 12.9. The van der Waals surface area contributed by atoms with Gasteiger partial charge in [-0.05, 0) is 80.5 Å². The molecule has 2 amide bonds. The molecule has 2 aliphatic rings. The van der Waals surface area contributed by atoms with Crippen molar-refractivity contribution in [2.45, 2.75) is 51.3 Å². The Kier molecular flexibility index (Phi) is 6.59. The van der Waals surface area contributed by atoms with Crippen molar-refractivity contribution in [2.24, 2.45) is 5.92 Å². The number of rotatable bonds is 4. The number of amides is 2. The second kappa shape index (κ2) is 9.27. The summed E-state index contributed by atoms with van der Waals surface area (Å²) in [6.45, 7) is 6.69. The Balaban J connectivity index is 1.52. The van der Waals surface area contributed by atoms with Crippen molar-refractivity contribution in [2.75, 3.05) is 29.9 Å². The van der Waals surface area contributed by atoms with Crippen molar-refractivity contribution in [1.82, 2.24) is 4.31 Å². The van der Waals surface area contributed by atoms with Crippen LogP contribution in [0.5, 0.6) is 0 Å². The first kappa shape index (κ1) is 23.4. The van der Waals surface area contributed by atoms with Gasteiger partial charge in [0.15, 0.2) is 0 Å². The molecule has 4 rings (SSSR count). The monoisotopic (exact) mass is 469 g/mol. The lowest BCUT2D eigenvalue weighted by molar-refractivity contribution is -0.121. The average molecular weight is 470 g/mol. The van der Waals surface area contributed by atoms with E-state index >= 15 is 0 Å². The topological polar surface area (TPSA) is 86.8 Å². The molecule has 33 heavy (non-hydrogen) atoms. The van der Waals surface area contributed by atoms with Gasteiger partial charge >= 0.3 is 0 Å². The highest BCUT2D eigenvalue weighted by Gasteiger charge is 2.34. The Morgan fingerprint density at radius 3 is 2.61 bits per heavy atom. The molecule has 0 radical (unpaired) electrons. The van der Waals surface area contributed by atoms with Crippen LogP contribution in [-0.2, 0) is 26.0 Å². The van der Waals surface area contributed by atoms with Gasteiger partial charge in [0.2, 0.25) is 21.8 Å². The van der Waals surface area contributed by atoms with Crippen LogP contribution in [0.4, 0.5) is 11.4 Å². The van der Waals surface area contributed by atoms with Crippen LogP contribution in [0.3, 0.4) is 0 Å². The highest BCUT2D eigenvalue weighted by molar-refractivity contribution is 7.89. The Morgan fingerprint density at radius 1 is 1.06 bits per heavy atom. The Morgan fingerprint density at radius 2 is 1.85 bits per heavy atom. The average Bonchev–Trinajstić information content (AvgIpc) is 2.81. The maximum atomic E-state index is 13.4. The molecule has 7 nitrogen and oxygen atoms in total. The molecular weight excluding hydrogens is 438 g/mol. The molecule has 0 saturated carbocycles. The van der Waals surface area contributed by atoms with Crippen molar-refractivity contribution in [3.63, 3.8) is 0 Å². The molecule has 0 unspecified atom stereocenters. The van der Waals surface area contributed by atoms with Crippen LogP contribution in [0.2, 0.25) is 0 Å². The van der Waals surface area contributed by atoms with Gasteiger partial charge < -0.3 is 10.2 Å². The van der Waals surface area contributed by atoms with Gasteiger partial charge in [0.25, 0.3) is 0 Å². The summed E-state index contributed by atoms with van der Waals surface area (Å²) < 4.78 is 28.3. The fourth-order valence-corrected chi connectivity index (χ4v) is 6.28. The SMILES string of the molecule is CC(=O)N1CCCc2cc(S(=O)(=O)N3CCC[C@@H](C(=O)Nc4cccc(C)c4C)C3)ccc21. The third-order valence-corrected chi connectivity index (χ3v) is 8.67. The third kappa shape index (κ3) is 4.68. The number of benzene rings is 2. The molecule has 0 bridgehead atoms. The van der Waals surface area contributed by atoms with Crippen LogP contribution in [0, 0.1) is 19.8 Å². The number of nitrogens with one attached hydrogen (secondary N) is 1. The summed E-state index contributed by atoms with van der Waals surface area (Å²) >= 11 is 0. The second-order valence-corrected chi connectivity index (χ2v) is 10.9. The number of nitrogens with zero attached hydrogens (tertiary/aromatic N) is 2. The second-order valence-electron chi connectivity index (χ2n) is 9.00. The third-order valence-electron chi connectivity index (χ3n) is 6.80. The maximum absolute atomic E-state index is 13.4. The van der Waals surface area contributed by atoms with Crippen LogP contribution < -0.4 is 10.2 Å². The van der Waals surface area contributed by atoms with E-state index in [1.54, 1.807) is 23.1 Å². The molecular formula is C25H31N3O4S. The summed E-state index contributed by atoms with van der Waals surface area (Å²) in [4.78, 5) is 26.8. The maximum Gasteiger partial charge on any atom is 0.243 e. The number of sulfonamides is 1. The van der Waals surface area contributed by atoms with Crippen LogP contribution in [-0.4, -0.2) is 44.2 Å². The lowest BCUT2D eigenvalue weighted by atomic mass is 9.98. The molecule has 2 aliphatic heterocycles. The first-order chi connectivity index (χ1) is 15.7. The van der Waals surface area contributed by atoms with Crippen molar-refractivity contribution in [3.8, 4) is 0 Å². The summed E-state index contributed by atoms with van der Waals surface area (Å²) in [5, 5.41) is 2.99. The molecule has 0 spiro atoms. The Labute approximate surface area is 195 Å². The van der Waals surface area contributed by atoms with E-state index in [1.807, 2.05) is 32.0 Å². The van der Waals surface area contributed by atoms with Crippen molar-refractivity contribution in [1.29, 1.82) is 0 Å². The minimum absolute atomic E-state index is 0.0414. The van der Waals surface area contributed by atoms with Crippen molar-refractivity contribution < 1.29 is 18.0 Å². The minimum atomic E-state index is -3.74. The molecule has 2 aromatic carbocycles. The van der Waals surface area contributed by atoms with Gasteiger partial charge in [-0.1, -0.05) is 12.1 Å². The first-order valence-electron chi connectivity index (χ1n) is 11.5. The molecule has 1 N–H and O–H groups in total. The number of anilines is 2. The summed E-state index contributed by atoms with van der Waals surface area (Å²) in [6.07, 6.45) is 2.83. The number of piperidine rings is 1. The van der Waals surface area contributed by atoms with Crippen molar-refractivity contribution in [3.05, 3.63) is 53.1 Å². The predicted molar refractivity (Wildman–Crippen MR) is 129 cm³/mol. The number of carbonyl (C=O) groups excluding carboxylic acids is 2. The van der Waals surface area contributed by atoms with Crippen molar-refractivity contribution >= 4 is 33.2 Å². The number of carbonyl (C=O) groups is 2. The molecule has 0 aliphatic carbocycles. The van der Waals surface area contributed by atoms with E-state index in [0.29, 0.717) is 25.9 Å². The molecule has 1 atom stereocenters. The zero-order valence-electron chi connectivity index (χ0n) is 19.4. The molecule has 8 heteroatoms. The van der Waals surface area contributed by atoms with Gasteiger partial charge in [-0.25, -0.2) is 8.42 Å². The van der Waals surface area contributed by atoms with E-state index in [1.165, 1.54) is 11.2 Å². The van der Waals surface area contributed by atoms with Gasteiger partial charge in [-0.3, -0.25) is 9.59 Å². The normalized spacial score (nSPS) is 19.1. The largest absolute Gasteiger partial charge is 0.326 e. The summed E-state index contributed by atoms with van der Waals surface area (Å²) in [6, 6.07) is 10.8. The van der Waals surface area contributed by atoms with Crippen LogP contribution in [0.15, 0.2) is 41.3 Å². The lowest BCUT2D eigenvalue weighted by Crippen LogP contribution is -2.43. The molecule has 2 aromatic rings. The highest BCUT2D eigenvalue weighted by Crippen LogP contribution is 2.32. The zero-order valence-corrected chi connectivity index (χ0v) is 20.2. The van der Waals surface area contributed by atoms with E-state index in [4.69, 9.17) is 0 Å². The molecule has 2 heterocycles. The fraction of sp³-hybridized carbons (Fsp3) is 0.440. The molecule has 176 valence electrons. The predicted octanol–water partition coefficient (Wildman–Crippen LogP) is 3.64. The van der Waals surface area contributed by atoms with Gasteiger partial charge in [-0.2, -0.15) is 4.31 Å². The van der Waals surface area contributed by atoms with E-state index in [0.717, 1.165) is 40.9 Å². The summed E-state index contributed by atoms with van der Waals surface area (Å²) in [5.41, 5.74) is 4.54. The summed E-state index contributed by atoms with van der Waals surface area (Å²) in [7, 11) is -3.74. The van der Waals surface area contributed by atoms with E-state index in [2.05, 4.69) is 5.32 Å². The molecule has 1 fully saturated rings. The van der Waals surface area contributed by atoms with E-state index in [9.17, 15) is 18.0 Å². The zero-order chi connectivity index (χ0) is 23.8. The smallest absolute Gasteiger partial charge is 0.243 e. The number of hydrogen-bond donors (Lipinski definition) is 1. The molecule has 1 saturated heterocycles. The van der Waals surface area contributed by atoms with Gasteiger partial charge in [0.1, 0.15) is 0 Å². The van der Waals surface area contributed by atoms with E-state index < -0.39 is 15.9 Å². The van der Waals surface area contributed by atoms with Gasteiger partial charge in [0, 0.05) is 37.9 Å². The summed E-state index contributed by atoms with van der Waals surface area (Å²) in [5.74, 6) is -0.592. The van der Waals surface area contributed by atoms with Gasteiger partial charge in [-0.15, -0.1) is 0 Å². The number of hydrogen-bond acceptors (Lipinski definition) is 4. The number of aryl methyl sites for hydroxylation is 2. The molecule has 0 aromatic heterocycles. The van der Waals surface area contributed by atoms with Crippen LogP contribution in [0.1, 0.15) is 42.9 Å². The standard InChI is InChI=1S/C25H31N3O4S/c1-17-7-4-10-23(18(17)2)26-25(30)21-9-5-13-27(16-21)33(31,32)22-11-12-24-20(15-22)8-6-14-28(24)19(3)29/h4,7,10-12,15,21H,5-6,8-9,13-14,16H2,1-3H3,(H,26,30)/t21-/m1/s1. The highest BCUT2D eigenvalue weighted by atomic mass is 32.2.